The van der Waals surface area contributed by atoms with E-state index in [0.717, 1.165) is 48.6 Å². The van der Waals surface area contributed by atoms with E-state index in [4.69, 9.17) is 9.97 Å². The van der Waals surface area contributed by atoms with Gasteiger partial charge in [-0.25, -0.2) is 9.97 Å². The van der Waals surface area contributed by atoms with E-state index in [2.05, 4.69) is 82.1 Å². The van der Waals surface area contributed by atoms with Crippen molar-refractivity contribution in [2.45, 2.75) is 108 Å². The smallest absolute Gasteiger partial charge is 0.124 e. The highest BCUT2D eigenvalue weighted by molar-refractivity contribution is 5.83. The zero-order chi connectivity index (χ0) is 31.9. The molecule has 6 heteroatoms. The topological polar surface area (TPSA) is 81.4 Å². The molecule has 2 saturated carbocycles. The Labute approximate surface area is 284 Å². The van der Waals surface area contributed by atoms with E-state index < -0.39 is 0 Å². The standard InChI is InChI=1S/C42H50N6/c1-2-27-9-7-26-8-10-28(32(19-26)30-12-14-34-36(21-30)48-40(46-34)38-23-42(17-18-42)25-44-38)5-3-4-6-31(27)29-11-13-33-35(20-29)47-39(45-33)37-22-41(15-16-41)24-43-37/h8,10-14,19-21,27,31,37-38,43-44H,2-7,9,15-18,22-25H2,1H3,(H,45,47)(H,46,48)/t27-,31?,37+,38?/m1/s1. The lowest BCUT2D eigenvalue weighted by molar-refractivity contribution is 0.357. The summed E-state index contributed by atoms with van der Waals surface area (Å²) in [5.74, 6) is 3.50. The largest absolute Gasteiger partial charge is 0.341 e. The Bertz CT molecular complexity index is 1990. The van der Waals surface area contributed by atoms with Gasteiger partial charge in [0.2, 0.25) is 0 Å². The number of hydrogen-bond acceptors (Lipinski definition) is 4. The molecule has 248 valence electrons. The van der Waals surface area contributed by atoms with Crippen molar-refractivity contribution in [3.05, 3.63) is 82.9 Å². The van der Waals surface area contributed by atoms with Crippen LogP contribution in [0.5, 0.6) is 0 Å². The maximum absolute atomic E-state index is 5.16. The van der Waals surface area contributed by atoms with E-state index in [9.17, 15) is 0 Å². The minimum atomic E-state index is 0.367. The molecule has 4 N–H and O–H groups in total. The van der Waals surface area contributed by atoms with Crippen molar-refractivity contribution in [1.82, 2.24) is 30.6 Å². The second-order valence-electron chi connectivity index (χ2n) is 16.6. The third-order valence-corrected chi connectivity index (χ3v) is 13.3. The van der Waals surface area contributed by atoms with Crippen molar-refractivity contribution in [2.24, 2.45) is 16.7 Å². The van der Waals surface area contributed by atoms with Gasteiger partial charge in [-0.15, -0.1) is 0 Å². The van der Waals surface area contributed by atoms with E-state index in [1.807, 2.05) is 0 Å². The van der Waals surface area contributed by atoms with E-state index in [0.29, 0.717) is 34.7 Å². The molecule has 2 saturated heterocycles. The molecular weight excluding hydrogens is 589 g/mol. The van der Waals surface area contributed by atoms with Crippen molar-refractivity contribution in [3.63, 3.8) is 0 Å². The fraction of sp³-hybridized carbons (Fsp3) is 0.524. The monoisotopic (exact) mass is 638 g/mol. The van der Waals surface area contributed by atoms with E-state index in [1.165, 1.54) is 109 Å². The number of aromatic amines is 2. The number of imidazole rings is 2. The van der Waals surface area contributed by atoms with Crippen LogP contribution >= 0.6 is 0 Å². The lowest BCUT2D eigenvalue weighted by atomic mass is 9.77. The molecule has 4 atom stereocenters. The number of H-pyrrole nitrogens is 2. The summed E-state index contributed by atoms with van der Waals surface area (Å²) in [6, 6.07) is 22.1. The Kier molecular flexibility index (Phi) is 6.92. The summed E-state index contributed by atoms with van der Waals surface area (Å²) in [4.78, 5) is 17.6. The fourth-order valence-electron chi connectivity index (χ4n) is 9.80. The van der Waals surface area contributed by atoms with Crippen LogP contribution in [0.3, 0.4) is 0 Å². The van der Waals surface area contributed by atoms with E-state index >= 15 is 0 Å². The average molecular weight is 639 g/mol. The average Bonchev–Trinajstić information content (AvgIpc) is 3.71. The molecule has 4 fully saturated rings. The van der Waals surface area contributed by atoms with Gasteiger partial charge in [-0.1, -0.05) is 50.1 Å². The van der Waals surface area contributed by atoms with Crippen LogP contribution in [0.25, 0.3) is 33.2 Å². The SMILES string of the molecule is CC[C@@H]1CCc2ccc(c(-c3ccc4nc(C5CC6(CC6)CN5)[nH]c4c3)c2)CCCCC1c1ccc2[nH]c([C@@H]3CC4(CC4)CN3)nc2c1. The van der Waals surface area contributed by atoms with Crippen LogP contribution in [0.15, 0.2) is 54.6 Å². The number of fused-ring (bicyclic) bond motifs is 11. The number of benzene rings is 3. The second-order valence-corrected chi connectivity index (χ2v) is 16.6. The van der Waals surface area contributed by atoms with E-state index in [1.54, 1.807) is 0 Å². The van der Waals surface area contributed by atoms with Gasteiger partial charge in [0.25, 0.3) is 0 Å². The highest BCUT2D eigenvalue weighted by atomic mass is 15.1. The molecule has 4 heterocycles. The summed E-state index contributed by atoms with van der Waals surface area (Å²) in [5.41, 5.74) is 12.9. The molecule has 0 radical (unpaired) electrons. The molecule has 11 rings (SSSR count). The Balaban J connectivity index is 0.895. The van der Waals surface area contributed by atoms with Gasteiger partial charge in [0.1, 0.15) is 11.6 Å². The van der Waals surface area contributed by atoms with Gasteiger partial charge in [0, 0.05) is 13.1 Å². The van der Waals surface area contributed by atoms with Gasteiger partial charge in [-0.05, 0) is 145 Å². The van der Waals surface area contributed by atoms with Crippen molar-refractivity contribution < 1.29 is 0 Å². The maximum Gasteiger partial charge on any atom is 0.124 e. The van der Waals surface area contributed by atoms with Gasteiger partial charge >= 0.3 is 0 Å². The minimum absolute atomic E-state index is 0.367. The third-order valence-electron chi connectivity index (χ3n) is 13.3. The van der Waals surface area contributed by atoms with Crippen molar-refractivity contribution in [1.29, 1.82) is 0 Å². The summed E-state index contributed by atoms with van der Waals surface area (Å²) < 4.78 is 0. The number of nitrogens with zero attached hydrogens (tertiary/aromatic N) is 2. The minimum Gasteiger partial charge on any atom is -0.341 e. The summed E-state index contributed by atoms with van der Waals surface area (Å²) in [5, 5.41) is 7.50. The van der Waals surface area contributed by atoms with Gasteiger partial charge in [-0.3, -0.25) is 0 Å². The van der Waals surface area contributed by atoms with Crippen LogP contribution in [-0.2, 0) is 12.8 Å². The van der Waals surface area contributed by atoms with Crippen molar-refractivity contribution >= 4 is 22.1 Å². The summed E-state index contributed by atoms with van der Waals surface area (Å²) >= 11 is 0. The molecule has 2 aliphatic heterocycles. The second kappa shape index (κ2) is 11.3. The van der Waals surface area contributed by atoms with Crippen LogP contribution in [0.4, 0.5) is 0 Å². The lowest BCUT2D eigenvalue weighted by Gasteiger charge is -2.28. The Morgan fingerprint density at radius 2 is 1.46 bits per heavy atom. The molecule has 5 aromatic rings. The Morgan fingerprint density at radius 3 is 2.19 bits per heavy atom. The first-order valence-corrected chi connectivity index (χ1v) is 19.1. The molecule has 0 amide bonds. The maximum atomic E-state index is 5.16. The number of aromatic nitrogens is 4. The van der Waals surface area contributed by atoms with Crippen LogP contribution < -0.4 is 10.6 Å². The predicted molar refractivity (Wildman–Crippen MR) is 194 cm³/mol. The third kappa shape index (κ3) is 5.31. The summed E-state index contributed by atoms with van der Waals surface area (Å²) in [6.07, 6.45) is 16.4. The summed E-state index contributed by atoms with van der Waals surface area (Å²) in [7, 11) is 0. The van der Waals surface area contributed by atoms with Gasteiger partial charge in [-0.2, -0.15) is 0 Å². The zero-order valence-electron chi connectivity index (χ0n) is 28.5. The van der Waals surface area contributed by atoms with Crippen LogP contribution in [0.2, 0.25) is 0 Å². The summed E-state index contributed by atoms with van der Waals surface area (Å²) in [6.45, 7) is 4.71. The molecule has 2 aromatic heterocycles. The first-order chi connectivity index (χ1) is 23.5. The van der Waals surface area contributed by atoms with Crippen molar-refractivity contribution in [3.8, 4) is 11.1 Å². The predicted octanol–water partition coefficient (Wildman–Crippen LogP) is 9.20. The van der Waals surface area contributed by atoms with Gasteiger partial charge in [0.05, 0.1) is 34.2 Å². The van der Waals surface area contributed by atoms with Gasteiger partial charge in [0.15, 0.2) is 0 Å². The molecule has 48 heavy (non-hydrogen) atoms. The fourth-order valence-corrected chi connectivity index (χ4v) is 9.80. The lowest BCUT2D eigenvalue weighted by Crippen LogP contribution is -2.15. The van der Waals surface area contributed by atoms with Gasteiger partial charge < -0.3 is 20.6 Å². The Morgan fingerprint density at radius 1 is 0.708 bits per heavy atom. The molecule has 6 nitrogen and oxygen atoms in total. The normalized spacial score (nSPS) is 27.6. The molecule has 2 unspecified atom stereocenters. The van der Waals surface area contributed by atoms with Crippen LogP contribution in [0, 0.1) is 16.7 Å². The highest BCUT2D eigenvalue weighted by Gasteiger charge is 2.50. The number of hydrogen-bond donors (Lipinski definition) is 4. The molecule has 3 aromatic carbocycles. The molecule has 6 aliphatic rings. The molecule has 2 bridgehead atoms. The number of aryl methyl sites for hydroxylation is 2. The first-order valence-electron chi connectivity index (χ1n) is 19.1. The van der Waals surface area contributed by atoms with Crippen LogP contribution in [-0.4, -0.2) is 33.0 Å². The molecule has 2 spiro atoms. The number of nitrogens with one attached hydrogen (secondary N) is 4. The number of rotatable bonds is 5. The van der Waals surface area contributed by atoms with E-state index in [-0.39, 0.29) is 0 Å². The van der Waals surface area contributed by atoms with Crippen molar-refractivity contribution in [2.75, 3.05) is 13.1 Å². The Hall–Kier alpha value is -3.48. The molecule has 4 aliphatic carbocycles. The zero-order valence-corrected chi connectivity index (χ0v) is 28.5. The first kappa shape index (κ1) is 29.4. The van der Waals surface area contributed by atoms with Crippen LogP contribution in [0.1, 0.15) is 124 Å². The quantitative estimate of drug-likeness (QED) is 0.155. The highest BCUT2D eigenvalue weighted by Crippen LogP contribution is 2.55. The molecular formula is C42H50N6.